The SMILES string of the molecule is O=C(NCC1CO1)c1cccc(Oc2ccccc2)c1. The third kappa shape index (κ3) is 3.36. The number of rotatable bonds is 5. The second-order valence-electron chi connectivity index (χ2n) is 4.61. The molecule has 2 aromatic rings. The number of carbonyl (C=O) groups is 1. The lowest BCUT2D eigenvalue weighted by Crippen LogP contribution is -2.27. The first-order chi connectivity index (χ1) is 9.81. The minimum atomic E-state index is -0.112. The number of hydrogen-bond acceptors (Lipinski definition) is 3. The van der Waals surface area contributed by atoms with Gasteiger partial charge in [0, 0.05) is 12.1 Å². The highest BCUT2D eigenvalue weighted by atomic mass is 16.6. The molecule has 1 amide bonds. The Morgan fingerprint density at radius 2 is 1.90 bits per heavy atom. The maximum absolute atomic E-state index is 12.0. The van der Waals surface area contributed by atoms with E-state index in [9.17, 15) is 4.79 Å². The van der Waals surface area contributed by atoms with Crippen LogP contribution in [-0.2, 0) is 4.74 Å². The third-order valence-electron chi connectivity index (χ3n) is 2.97. The highest BCUT2D eigenvalue weighted by Gasteiger charge is 2.22. The molecule has 1 aliphatic rings. The Kier molecular flexibility index (Phi) is 3.65. The van der Waals surface area contributed by atoms with Crippen molar-refractivity contribution in [3.8, 4) is 11.5 Å². The van der Waals surface area contributed by atoms with Crippen LogP contribution in [0.3, 0.4) is 0 Å². The van der Waals surface area contributed by atoms with Crippen molar-refractivity contribution in [2.24, 2.45) is 0 Å². The molecular formula is C16H15NO3. The highest BCUT2D eigenvalue weighted by Crippen LogP contribution is 2.21. The van der Waals surface area contributed by atoms with Crippen LogP contribution in [0.1, 0.15) is 10.4 Å². The number of hydrogen-bond donors (Lipinski definition) is 1. The first-order valence-corrected chi connectivity index (χ1v) is 6.54. The minimum Gasteiger partial charge on any atom is -0.457 e. The molecule has 0 saturated carbocycles. The molecule has 2 aromatic carbocycles. The molecule has 1 N–H and O–H groups in total. The summed E-state index contributed by atoms with van der Waals surface area (Å²) in [4.78, 5) is 12.0. The van der Waals surface area contributed by atoms with E-state index < -0.39 is 0 Å². The van der Waals surface area contributed by atoms with Crippen molar-refractivity contribution in [3.05, 3.63) is 60.2 Å². The van der Waals surface area contributed by atoms with Gasteiger partial charge in [-0.05, 0) is 30.3 Å². The second kappa shape index (κ2) is 5.75. The van der Waals surface area contributed by atoms with Gasteiger partial charge >= 0.3 is 0 Å². The molecule has 1 saturated heterocycles. The Morgan fingerprint density at radius 1 is 1.15 bits per heavy atom. The van der Waals surface area contributed by atoms with Gasteiger partial charge < -0.3 is 14.8 Å². The lowest BCUT2D eigenvalue weighted by atomic mass is 10.2. The van der Waals surface area contributed by atoms with Gasteiger partial charge in [-0.1, -0.05) is 24.3 Å². The molecule has 1 aliphatic heterocycles. The predicted octanol–water partition coefficient (Wildman–Crippen LogP) is 2.61. The van der Waals surface area contributed by atoms with Gasteiger partial charge in [0.05, 0.1) is 12.7 Å². The summed E-state index contributed by atoms with van der Waals surface area (Å²) in [6.07, 6.45) is 0.183. The first-order valence-electron chi connectivity index (χ1n) is 6.54. The zero-order valence-corrected chi connectivity index (χ0v) is 10.9. The maximum Gasteiger partial charge on any atom is 0.251 e. The quantitative estimate of drug-likeness (QED) is 0.849. The summed E-state index contributed by atoms with van der Waals surface area (Å²) >= 11 is 0. The van der Waals surface area contributed by atoms with Crippen LogP contribution < -0.4 is 10.1 Å². The first kappa shape index (κ1) is 12.7. The number of para-hydroxylation sites is 1. The van der Waals surface area contributed by atoms with Crippen molar-refractivity contribution in [2.45, 2.75) is 6.10 Å². The Balaban J connectivity index is 1.67. The summed E-state index contributed by atoms with van der Waals surface area (Å²) in [5.41, 5.74) is 0.582. The second-order valence-corrected chi connectivity index (χ2v) is 4.61. The lowest BCUT2D eigenvalue weighted by molar-refractivity contribution is 0.0950. The number of epoxide rings is 1. The molecule has 0 bridgehead atoms. The van der Waals surface area contributed by atoms with E-state index in [4.69, 9.17) is 9.47 Å². The Hall–Kier alpha value is -2.33. The summed E-state index contributed by atoms with van der Waals surface area (Å²) < 4.78 is 10.8. The molecule has 1 heterocycles. The average Bonchev–Trinajstić information content (AvgIpc) is 3.30. The normalized spacial score (nSPS) is 16.5. The third-order valence-corrected chi connectivity index (χ3v) is 2.97. The minimum absolute atomic E-state index is 0.112. The van der Waals surface area contributed by atoms with Gasteiger partial charge in [-0.15, -0.1) is 0 Å². The smallest absolute Gasteiger partial charge is 0.251 e. The number of carbonyl (C=O) groups excluding carboxylic acids is 1. The zero-order chi connectivity index (χ0) is 13.8. The Labute approximate surface area is 117 Å². The van der Waals surface area contributed by atoms with Gasteiger partial charge in [0.15, 0.2) is 0 Å². The van der Waals surface area contributed by atoms with Gasteiger partial charge in [-0.3, -0.25) is 4.79 Å². The fourth-order valence-electron chi connectivity index (χ4n) is 1.82. The van der Waals surface area contributed by atoms with Gasteiger partial charge in [0.1, 0.15) is 11.5 Å². The molecule has 1 atom stereocenters. The summed E-state index contributed by atoms with van der Waals surface area (Å²) in [5.74, 6) is 1.28. The average molecular weight is 269 g/mol. The van der Waals surface area contributed by atoms with Crippen LogP contribution in [0.5, 0.6) is 11.5 Å². The topological polar surface area (TPSA) is 50.9 Å². The molecule has 1 unspecified atom stereocenters. The summed E-state index contributed by atoms with van der Waals surface area (Å²) in [7, 11) is 0. The van der Waals surface area contributed by atoms with E-state index in [2.05, 4.69) is 5.32 Å². The van der Waals surface area contributed by atoms with Crippen LogP contribution >= 0.6 is 0 Å². The van der Waals surface area contributed by atoms with Crippen LogP contribution in [0.25, 0.3) is 0 Å². The van der Waals surface area contributed by atoms with Crippen LogP contribution in [0.15, 0.2) is 54.6 Å². The molecule has 0 spiro atoms. The largest absolute Gasteiger partial charge is 0.457 e. The number of nitrogens with one attached hydrogen (secondary N) is 1. The maximum atomic E-state index is 12.0. The Morgan fingerprint density at radius 3 is 2.65 bits per heavy atom. The molecule has 0 aromatic heterocycles. The molecule has 4 heteroatoms. The van der Waals surface area contributed by atoms with Crippen molar-refractivity contribution in [2.75, 3.05) is 13.2 Å². The Bertz CT molecular complexity index is 594. The van der Waals surface area contributed by atoms with Crippen molar-refractivity contribution < 1.29 is 14.3 Å². The molecular weight excluding hydrogens is 254 g/mol. The van der Waals surface area contributed by atoms with Crippen LogP contribution in [-0.4, -0.2) is 25.2 Å². The fraction of sp³-hybridized carbons (Fsp3) is 0.188. The van der Waals surface area contributed by atoms with Crippen molar-refractivity contribution in [3.63, 3.8) is 0 Å². The molecule has 0 aliphatic carbocycles. The highest BCUT2D eigenvalue weighted by molar-refractivity contribution is 5.94. The summed E-state index contributed by atoms with van der Waals surface area (Å²) in [6.45, 7) is 1.29. The van der Waals surface area contributed by atoms with Crippen LogP contribution in [0.4, 0.5) is 0 Å². The molecule has 0 radical (unpaired) electrons. The molecule has 4 nitrogen and oxygen atoms in total. The van der Waals surface area contributed by atoms with Crippen LogP contribution in [0.2, 0.25) is 0 Å². The molecule has 3 rings (SSSR count). The van der Waals surface area contributed by atoms with Crippen LogP contribution in [0, 0.1) is 0 Å². The van der Waals surface area contributed by atoms with E-state index in [1.54, 1.807) is 18.2 Å². The molecule has 20 heavy (non-hydrogen) atoms. The number of amides is 1. The van der Waals surface area contributed by atoms with E-state index in [-0.39, 0.29) is 12.0 Å². The number of benzene rings is 2. The standard InChI is InChI=1S/C16H15NO3/c18-16(17-10-15-11-19-15)12-5-4-8-14(9-12)20-13-6-2-1-3-7-13/h1-9,15H,10-11H2,(H,17,18). The van der Waals surface area contributed by atoms with Crippen molar-refractivity contribution in [1.29, 1.82) is 0 Å². The lowest BCUT2D eigenvalue weighted by Gasteiger charge is -2.07. The van der Waals surface area contributed by atoms with Gasteiger partial charge in [-0.25, -0.2) is 0 Å². The van der Waals surface area contributed by atoms with E-state index in [1.807, 2.05) is 36.4 Å². The summed E-state index contributed by atoms with van der Waals surface area (Å²) in [5, 5.41) is 2.83. The van der Waals surface area contributed by atoms with E-state index >= 15 is 0 Å². The van der Waals surface area contributed by atoms with Crippen molar-refractivity contribution >= 4 is 5.91 Å². The monoisotopic (exact) mass is 269 g/mol. The molecule has 102 valence electrons. The van der Waals surface area contributed by atoms with E-state index in [0.29, 0.717) is 17.9 Å². The fourth-order valence-corrected chi connectivity index (χ4v) is 1.82. The molecule has 1 fully saturated rings. The zero-order valence-electron chi connectivity index (χ0n) is 10.9. The summed E-state index contributed by atoms with van der Waals surface area (Å²) in [6, 6.07) is 16.6. The van der Waals surface area contributed by atoms with Gasteiger partial charge in [0.25, 0.3) is 5.91 Å². The van der Waals surface area contributed by atoms with E-state index in [0.717, 1.165) is 12.4 Å². The van der Waals surface area contributed by atoms with Gasteiger partial charge in [0.2, 0.25) is 0 Å². The predicted molar refractivity (Wildman–Crippen MR) is 75.0 cm³/mol. The number of ether oxygens (including phenoxy) is 2. The van der Waals surface area contributed by atoms with E-state index in [1.165, 1.54) is 0 Å². The van der Waals surface area contributed by atoms with Gasteiger partial charge in [-0.2, -0.15) is 0 Å². The van der Waals surface area contributed by atoms with Crippen molar-refractivity contribution in [1.82, 2.24) is 5.32 Å².